The van der Waals surface area contributed by atoms with Gasteiger partial charge in [0.1, 0.15) is 11.4 Å². The maximum atomic E-state index is 12.8. The van der Waals surface area contributed by atoms with Crippen molar-refractivity contribution in [1.82, 2.24) is 9.97 Å². The summed E-state index contributed by atoms with van der Waals surface area (Å²) in [6, 6.07) is 25.0. The molecule has 1 aromatic heterocycles. The number of hydrogen-bond donors (Lipinski definition) is 1. The zero-order valence-electron chi connectivity index (χ0n) is 17.1. The first kappa shape index (κ1) is 19.0. The van der Waals surface area contributed by atoms with Crippen LogP contribution in [0.5, 0.6) is 5.75 Å². The second kappa shape index (κ2) is 8.03. The Kier molecular flexibility index (Phi) is 4.92. The molecule has 4 aromatic rings. The van der Waals surface area contributed by atoms with Gasteiger partial charge < -0.3 is 10.1 Å². The number of nitrogens with one attached hydrogen (secondary N) is 1. The minimum Gasteiger partial charge on any atom is -0.497 e. The molecule has 0 spiro atoms. The predicted molar refractivity (Wildman–Crippen MR) is 121 cm³/mol. The Balaban J connectivity index is 1.63. The number of carbonyl (C=O) groups is 1. The summed E-state index contributed by atoms with van der Waals surface area (Å²) in [7, 11) is 1.67. The van der Waals surface area contributed by atoms with E-state index in [2.05, 4.69) is 11.4 Å². The smallest absolute Gasteiger partial charge is 0.256 e. The first-order chi connectivity index (χ1) is 15.2. The first-order valence-electron chi connectivity index (χ1n) is 10.2. The second-order valence-electron chi connectivity index (χ2n) is 7.43. The van der Waals surface area contributed by atoms with Crippen LogP contribution in [-0.2, 0) is 12.8 Å². The molecule has 3 aromatic carbocycles. The molecular weight excluding hydrogens is 386 g/mol. The fraction of sp³-hybridized carbons (Fsp3) is 0.115. The maximum Gasteiger partial charge on any atom is 0.256 e. The van der Waals surface area contributed by atoms with Gasteiger partial charge in [0.05, 0.1) is 18.5 Å². The normalized spacial score (nSPS) is 11.9. The minimum atomic E-state index is -0.201. The van der Waals surface area contributed by atoms with Crippen LogP contribution in [0.3, 0.4) is 0 Å². The number of anilines is 1. The molecule has 1 aliphatic carbocycles. The summed E-state index contributed by atoms with van der Waals surface area (Å²) >= 11 is 0. The van der Waals surface area contributed by atoms with E-state index in [4.69, 9.17) is 14.7 Å². The number of rotatable bonds is 4. The Morgan fingerprint density at radius 3 is 2.35 bits per heavy atom. The average Bonchev–Trinajstić information content (AvgIpc) is 2.84. The molecule has 0 unspecified atom stereocenters. The third-order valence-electron chi connectivity index (χ3n) is 5.48. The summed E-state index contributed by atoms with van der Waals surface area (Å²) < 4.78 is 5.38. The van der Waals surface area contributed by atoms with Gasteiger partial charge in [-0.25, -0.2) is 9.97 Å². The van der Waals surface area contributed by atoms with E-state index in [0.29, 0.717) is 17.1 Å². The monoisotopic (exact) mass is 407 g/mol. The largest absolute Gasteiger partial charge is 0.497 e. The minimum absolute atomic E-state index is 0.201. The van der Waals surface area contributed by atoms with Gasteiger partial charge in [0.15, 0.2) is 5.82 Å². The van der Waals surface area contributed by atoms with Crippen LogP contribution in [0.15, 0.2) is 78.9 Å². The van der Waals surface area contributed by atoms with Crippen molar-refractivity contribution in [2.45, 2.75) is 12.8 Å². The Hall–Kier alpha value is -3.99. The summed E-state index contributed by atoms with van der Waals surface area (Å²) in [6.45, 7) is 0. The van der Waals surface area contributed by atoms with Crippen LogP contribution in [0.25, 0.3) is 22.5 Å². The number of ether oxygens (including phenoxy) is 1. The summed E-state index contributed by atoms with van der Waals surface area (Å²) in [5.41, 5.74) is 6.16. The predicted octanol–water partition coefficient (Wildman–Crippen LogP) is 5.17. The van der Waals surface area contributed by atoms with Gasteiger partial charge in [0, 0.05) is 16.7 Å². The molecule has 1 aliphatic rings. The van der Waals surface area contributed by atoms with Crippen molar-refractivity contribution in [3.05, 3.63) is 95.7 Å². The van der Waals surface area contributed by atoms with Crippen LogP contribution < -0.4 is 10.1 Å². The molecule has 0 radical (unpaired) electrons. The highest BCUT2D eigenvalue weighted by Gasteiger charge is 2.23. The van der Waals surface area contributed by atoms with Gasteiger partial charge in [0.2, 0.25) is 0 Å². The number of methoxy groups -OCH3 is 1. The van der Waals surface area contributed by atoms with Gasteiger partial charge in [0.25, 0.3) is 5.91 Å². The van der Waals surface area contributed by atoms with Gasteiger partial charge >= 0.3 is 0 Å². The molecule has 0 aliphatic heterocycles. The number of aromatic nitrogens is 2. The molecule has 1 amide bonds. The van der Waals surface area contributed by atoms with E-state index in [1.54, 1.807) is 19.2 Å². The van der Waals surface area contributed by atoms with Crippen LogP contribution in [0.4, 0.5) is 5.82 Å². The Morgan fingerprint density at radius 2 is 1.61 bits per heavy atom. The van der Waals surface area contributed by atoms with E-state index in [0.717, 1.165) is 41.1 Å². The molecule has 152 valence electrons. The third kappa shape index (κ3) is 3.66. The fourth-order valence-electron chi connectivity index (χ4n) is 3.90. The highest BCUT2D eigenvalue weighted by molar-refractivity contribution is 6.05. The van der Waals surface area contributed by atoms with E-state index in [1.807, 2.05) is 60.7 Å². The molecule has 1 heterocycles. The van der Waals surface area contributed by atoms with Crippen molar-refractivity contribution in [2.75, 3.05) is 12.4 Å². The molecule has 0 atom stereocenters. The van der Waals surface area contributed by atoms with E-state index in [-0.39, 0.29) is 5.91 Å². The lowest BCUT2D eigenvalue weighted by molar-refractivity contribution is 0.102. The third-order valence-corrected chi connectivity index (χ3v) is 5.48. The highest BCUT2D eigenvalue weighted by Crippen LogP contribution is 2.37. The molecular formula is C26H21N3O2. The number of benzene rings is 3. The highest BCUT2D eigenvalue weighted by atomic mass is 16.5. The van der Waals surface area contributed by atoms with Gasteiger partial charge in [-0.05, 0) is 48.7 Å². The number of hydrogen-bond acceptors (Lipinski definition) is 4. The quantitative estimate of drug-likeness (QED) is 0.507. The summed E-state index contributed by atoms with van der Waals surface area (Å²) in [5, 5.41) is 2.99. The molecule has 1 N–H and O–H groups in total. The van der Waals surface area contributed by atoms with Gasteiger partial charge in [-0.1, -0.05) is 48.5 Å². The molecule has 5 nitrogen and oxygen atoms in total. The van der Waals surface area contributed by atoms with Crippen LogP contribution in [0.1, 0.15) is 21.6 Å². The second-order valence-corrected chi connectivity index (χ2v) is 7.43. The molecule has 5 heteroatoms. The van der Waals surface area contributed by atoms with E-state index in [9.17, 15) is 4.79 Å². The van der Waals surface area contributed by atoms with Crippen LogP contribution in [0, 0.1) is 0 Å². The van der Waals surface area contributed by atoms with Crippen LogP contribution in [0.2, 0.25) is 0 Å². The topological polar surface area (TPSA) is 64.1 Å². The van der Waals surface area contributed by atoms with E-state index >= 15 is 0 Å². The molecule has 0 saturated carbocycles. The molecule has 5 rings (SSSR count). The van der Waals surface area contributed by atoms with Gasteiger partial charge in [-0.3, -0.25) is 4.79 Å². The fourth-order valence-corrected chi connectivity index (χ4v) is 3.90. The van der Waals surface area contributed by atoms with Gasteiger partial charge in [-0.2, -0.15) is 0 Å². The Labute approximate surface area is 180 Å². The molecule has 0 fully saturated rings. The lowest BCUT2D eigenvalue weighted by atomic mass is 9.91. The lowest BCUT2D eigenvalue weighted by Gasteiger charge is -2.21. The Bertz CT molecular complexity index is 1250. The summed E-state index contributed by atoms with van der Waals surface area (Å²) in [5.74, 6) is 1.12. The maximum absolute atomic E-state index is 12.8. The van der Waals surface area contributed by atoms with Crippen molar-refractivity contribution < 1.29 is 9.53 Å². The van der Waals surface area contributed by atoms with E-state index < -0.39 is 0 Å². The molecule has 0 saturated heterocycles. The van der Waals surface area contributed by atoms with Crippen LogP contribution in [-0.4, -0.2) is 23.0 Å². The van der Waals surface area contributed by atoms with Crippen molar-refractivity contribution in [2.24, 2.45) is 0 Å². The SMILES string of the molecule is COc1ccc2c(c1)CCc1nc(NC(=O)c3ccccc3)c(-c3ccccc3)nc1-2. The molecule has 31 heavy (non-hydrogen) atoms. The first-order valence-corrected chi connectivity index (χ1v) is 10.2. The number of amides is 1. The standard InChI is InChI=1S/C26H21N3O2/c1-31-20-13-14-21-19(16-20)12-15-22-24(21)28-23(17-8-4-2-5-9-17)25(27-22)29-26(30)18-10-6-3-7-11-18/h2-11,13-14,16H,12,15H2,1H3,(H,27,29,30). The number of nitrogens with zero attached hydrogens (tertiary/aromatic N) is 2. The number of aryl methyl sites for hydroxylation is 2. The average molecular weight is 407 g/mol. The van der Waals surface area contributed by atoms with Gasteiger partial charge in [-0.15, -0.1) is 0 Å². The summed E-state index contributed by atoms with van der Waals surface area (Å²) in [4.78, 5) is 22.7. The van der Waals surface area contributed by atoms with Crippen LogP contribution >= 0.6 is 0 Å². The molecule has 0 bridgehead atoms. The van der Waals surface area contributed by atoms with Crippen molar-refractivity contribution in [1.29, 1.82) is 0 Å². The Morgan fingerprint density at radius 1 is 0.871 bits per heavy atom. The zero-order chi connectivity index (χ0) is 21.2. The van der Waals surface area contributed by atoms with Crippen molar-refractivity contribution in [3.63, 3.8) is 0 Å². The lowest BCUT2D eigenvalue weighted by Crippen LogP contribution is -2.17. The number of carbonyl (C=O) groups excluding carboxylic acids is 1. The van der Waals surface area contributed by atoms with E-state index in [1.165, 1.54) is 5.56 Å². The summed E-state index contributed by atoms with van der Waals surface area (Å²) in [6.07, 6.45) is 1.61. The van der Waals surface area contributed by atoms with Crippen molar-refractivity contribution in [3.8, 4) is 28.3 Å². The van der Waals surface area contributed by atoms with Crippen molar-refractivity contribution >= 4 is 11.7 Å². The number of fused-ring (bicyclic) bond motifs is 3. The zero-order valence-corrected chi connectivity index (χ0v) is 17.1.